The molecule has 2 aliphatic rings. The zero-order valence-corrected chi connectivity index (χ0v) is 8.03. The van der Waals surface area contributed by atoms with Crippen LogP contribution in [0.5, 0.6) is 0 Å². The molecule has 0 spiro atoms. The van der Waals surface area contributed by atoms with Crippen LogP contribution in [0.1, 0.15) is 32.1 Å². The third kappa shape index (κ3) is 1.89. The zero-order valence-electron chi connectivity index (χ0n) is 8.03. The lowest BCUT2D eigenvalue weighted by Gasteiger charge is -2.14. The summed E-state index contributed by atoms with van der Waals surface area (Å²) < 4.78 is 0. The maximum atomic E-state index is 11.6. The molecule has 2 N–H and O–H groups in total. The van der Waals surface area contributed by atoms with Crippen LogP contribution in [0.15, 0.2) is 0 Å². The monoisotopic (exact) mass is 197 g/mol. The molecule has 2 fully saturated rings. The Bertz CT molecular complexity index is 260. The smallest absolute Gasteiger partial charge is 0.307 e. The van der Waals surface area contributed by atoms with Gasteiger partial charge in [-0.1, -0.05) is 6.42 Å². The van der Waals surface area contributed by atoms with E-state index in [4.69, 9.17) is 5.11 Å². The van der Waals surface area contributed by atoms with Gasteiger partial charge < -0.3 is 10.4 Å². The molecule has 0 bridgehead atoms. The number of aliphatic carboxylic acids is 1. The molecule has 14 heavy (non-hydrogen) atoms. The van der Waals surface area contributed by atoms with E-state index in [2.05, 4.69) is 5.32 Å². The number of carboxylic acid groups (broad SMARTS) is 1. The number of carbonyl (C=O) groups excluding carboxylic acids is 1. The number of amides is 1. The van der Waals surface area contributed by atoms with Gasteiger partial charge in [-0.3, -0.25) is 9.59 Å². The molecule has 2 unspecified atom stereocenters. The quantitative estimate of drug-likeness (QED) is 0.702. The van der Waals surface area contributed by atoms with Gasteiger partial charge in [-0.05, 0) is 25.7 Å². The lowest BCUT2D eigenvalue weighted by atomic mass is 9.95. The lowest BCUT2D eigenvalue weighted by molar-refractivity contribution is -0.146. The first-order valence-electron chi connectivity index (χ1n) is 5.21. The average molecular weight is 197 g/mol. The van der Waals surface area contributed by atoms with E-state index in [0.29, 0.717) is 12.5 Å². The topological polar surface area (TPSA) is 66.4 Å². The summed E-state index contributed by atoms with van der Waals surface area (Å²) in [6, 6.07) is 0.331. The highest BCUT2D eigenvalue weighted by Crippen LogP contribution is 2.33. The molecule has 4 nitrogen and oxygen atoms in total. The Kier molecular flexibility index (Phi) is 2.44. The highest BCUT2D eigenvalue weighted by atomic mass is 16.4. The Labute approximate surface area is 82.7 Å². The van der Waals surface area contributed by atoms with Crippen molar-refractivity contribution in [2.75, 3.05) is 0 Å². The lowest BCUT2D eigenvalue weighted by Crippen LogP contribution is -2.36. The molecule has 2 rings (SSSR count). The highest BCUT2D eigenvalue weighted by molar-refractivity contribution is 5.85. The molecule has 78 valence electrons. The van der Waals surface area contributed by atoms with Crippen LogP contribution in [0, 0.1) is 11.8 Å². The molecule has 0 aliphatic heterocycles. The van der Waals surface area contributed by atoms with Crippen LogP contribution >= 0.6 is 0 Å². The summed E-state index contributed by atoms with van der Waals surface area (Å²) >= 11 is 0. The van der Waals surface area contributed by atoms with Crippen LogP contribution in [-0.4, -0.2) is 23.0 Å². The minimum Gasteiger partial charge on any atom is -0.481 e. The van der Waals surface area contributed by atoms with E-state index in [0.717, 1.165) is 25.7 Å². The van der Waals surface area contributed by atoms with Crippen LogP contribution in [0.2, 0.25) is 0 Å². The van der Waals surface area contributed by atoms with Gasteiger partial charge in [0, 0.05) is 6.04 Å². The summed E-state index contributed by atoms with van der Waals surface area (Å²) in [5.74, 6) is -1.60. The molecular formula is C10H15NO3. The molecule has 1 amide bonds. The Morgan fingerprint density at radius 2 is 1.71 bits per heavy atom. The average Bonchev–Trinajstić information content (AvgIpc) is 2.81. The molecule has 0 aromatic heterocycles. The molecule has 2 atom stereocenters. The van der Waals surface area contributed by atoms with E-state index < -0.39 is 11.9 Å². The van der Waals surface area contributed by atoms with E-state index in [1.54, 1.807) is 0 Å². The second-order valence-electron chi connectivity index (χ2n) is 4.26. The third-order valence-corrected chi connectivity index (χ3v) is 3.09. The Hall–Kier alpha value is -1.06. The highest BCUT2D eigenvalue weighted by Gasteiger charge is 2.39. The van der Waals surface area contributed by atoms with Gasteiger partial charge in [-0.15, -0.1) is 0 Å². The minimum atomic E-state index is -0.821. The maximum Gasteiger partial charge on any atom is 0.307 e. The number of rotatable bonds is 3. The van der Waals surface area contributed by atoms with Crippen molar-refractivity contribution < 1.29 is 14.7 Å². The van der Waals surface area contributed by atoms with E-state index in [-0.39, 0.29) is 11.8 Å². The predicted octanol–water partition coefficient (Wildman–Crippen LogP) is 0.766. The molecule has 2 aliphatic carbocycles. The number of hydrogen-bond donors (Lipinski definition) is 2. The van der Waals surface area contributed by atoms with Crippen LogP contribution in [0.4, 0.5) is 0 Å². The normalized spacial score (nSPS) is 31.4. The molecule has 4 heteroatoms. The van der Waals surface area contributed by atoms with Crippen molar-refractivity contribution in [2.24, 2.45) is 11.8 Å². The Balaban J connectivity index is 1.93. The van der Waals surface area contributed by atoms with Crippen molar-refractivity contribution in [1.82, 2.24) is 5.32 Å². The van der Waals surface area contributed by atoms with Gasteiger partial charge in [0.2, 0.25) is 5.91 Å². The van der Waals surface area contributed by atoms with Crippen molar-refractivity contribution >= 4 is 11.9 Å². The number of nitrogens with one attached hydrogen (secondary N) is 1. The molecule has 2 saturated carbocycles. The van der Waals surface area contributed by atoms with E-state index in [9.17, 15) is 9.59 Å². The second-order valence-corrected chi connectivity index (χ2v) is 4.26. The standard InChI is InChI=1S/C10H15NO3/c12-9(11-6-4-5-6)7-2-1-3-8(7)10(13)14/h6-8H,1-5H2,(H,11,12)(H,13,14). The summed E-state index contributed by atoms with van der Waals surface area (Å²) in [5, 5.41) is 11.8. The van der Waals surface area contributed by atoms with E-state index >= 15 is 0 Å². The molecular weight excluding hydrogens is 182 g/mol. The SMILES string of the molecule is O=C(O)C1CCCC1C(=O)NC1CC1. The summed E-state index contributed by atoms with van der Waals surface area (Å²) in [6.07, 6.45) is 4.35. The first kappa shape index (κ1) is 9.49. The summed E-state index contributed by atoms with van der Waals surface area (Å²) in [5.41, 5.74) is 0. The predicted molar refractivity (Wildman–Crippen MR) is 49.6 cm³/mol. The van der Waals surface area contributed by atoms with Crippen molar-refractivity contribution in [1.29, 1.82) is 0 Å². The molecule has 0 aromatic carbocycles. The van der Waals surface area contributed by atoms with Crippen molar-refractivity contribution in [2.45, 2.75) is 38.1 Å². The molecule has 0 saturated heterocycles. The van der Waals surface area contributed by atoms with Crippen molar-refractivity contribution in [3.63, 3.8) is 0 Å². The first-order valence-corrected chi connectivity index (χ1v) is 5.21. The van der Waals surface area contributed by atoms with Crippen LogP contribution in [0.3, 0.4) is 0 Å². The first-order chi connectivity index (χ1) is 6.68. The Morgan fingerprint density at radius 3 is 2.29 bits per heavy atom. The van der Waals surface area contributed by atoms with Gasteiger partial charge in [-0.2, -0.15) is 0 Å². The molecule has 0 aromatic rings. The van der Waals surface area contributed by atoms with Gasteiger partial charge in [0.15, 0.2) is 0 Å². The molecule has 0 heterocycles. The van der Waals surface area contributed by atoms with Crippen molar-refractivity contribution in [3.05, 3.63) is 0 Å². The van der Waals surface area contributed by atoms with Gasteiger partial charge >= 0.3 is 5.97 Å². The van der Waals surface area contributed by atoms with E-state index in [1.807, 2.05) is 0 Å². The molecule has 0 radical (unpaired) electrons. The fourth-order valence-corrected chi connectivity index (χ4v) is 2.11. The van der Waals surface area contributed by atoms with Gasteiger partial charge in [0.1, 0.15) is 0 Å². The number of carbonyl (C=O) groups is 2. The van der Waals surface area contributed by atoms with Crippen LogP contribution in [-0.2, 0) is 9.59 Å². The number of hydrogen-bond acceptors (Lipinski definition) is 2. The largest absolute Gasteiger partial charge is 0.481 e. The van der Waals surface area contributed by atoms with Gasteiger partial charge in [-0.25, -0.2) is 0 Å². The summed E-state index contributed by atoms with van der Waals surface area (Å²) in [7, 11) is 0. The minimum absolute atomic E-state index is 0.0441. The zero-order chi connectivity index (χ0) is 10.1. The maximum absolute atomic E-state index is 11.6. The van der Waals surface area contributed by atoms with Gasteiger partial charge in [0.25, 0.3) is 0 Å². The van der Waals surface area contributed by atoms with E-state index in [1.165, 1.54) is 0 Å². The fraction of sp³-hybridized carbons (Fsp3) is 0.800. The number of carboxylic acids is 1. The summed E-state index contributed by atoms with van der Waals surface area (Å²) in [4.78, 5) is 22.5. The Morgan fingerprint density at radius 1 is 1.07 bits per heavy atom. The van der Waals surface area contributed by atoms with Crippen LogP contribution < -0.4 is 5.32 Å². The van der Waals surface area contributed by atoms with Crippen molar-refractivity contribution in [3.8, 4) is 0 Å². The summed E-state index contributed by atoms with van der Waals surface area (Å²) in [6.45, 7) is 0. The van der Waals surface area contributed by atoms with Gasteiger partial charge in [0.05, 0.1) is 11.8 Å². The second kappa shape index (κ2) is 3.59. The fourth-order valence-electron chi connectivity index (χ4n) is 2.11. The van der Waals surface area contributed by atoms with Crippen LogP contribution in [0.25, 0.3) is 0 Å². The third-order valence-electron chi connectivity index (χ3n) is 3.09.